The van der Waals surface area contributed by atoms with Crippen molar-refractivity contribution < 1.29 is 38.5 Å². The number of hydrogen-bond acceptors (Lipinski definition) is 8. The summed E-state index contributed by atoms with van der Waals surface area (Å²) in [5.74, 6) is -2.17. The Morgan fingerprint density at radius 2 is 1.64 bits per heavy atom. The zero-order chi connectivity index (χ0) is 30.2. The van der Waals surface area contributed by atoms with Crippen LogP contribution in [0, 0.1) is 5.92 Å². The minimum Gasteiger partial charge on any atom is -0.462 e. The number of carbonyl (C=O) groups excluding carboxylic acids is 4. The highest BCUT2D eigenvalue weighted by molar-refractivity contribution is 5.86. The van der Waals surface area contributed by atoms with Crippen molar-refractivity contribution in [3.05, 3.63) is 83.9 Å². The standard InChI is InChI=1S/C31H39N3O8/c1-22(17-35)32-28(36)16-25-14-8-9-15-27(34-31(39)42-19-24-12-6-3-7-13-24)30(38)41-21-26(33-29(25)37)20-40-18-23-10-4-2-5-11-23/h2-13,22,25-27,35H,14-21H2,1H3,(H,32,36)(H,33,37)(H,34,39). The summed E-state index contributed by atoms with van der Waals surface area (Å²) in [7, 11) is 0. The average Bonchev–Trinajstić information content (AvgIpc) is 2.99. The Bertz CT molecular complexity index is 1180. The molecule has 0 spiro atoms. The van der Waals surface area contributed by atoms with E-state index in [9.17, 15) is 24.3 Å². The van der Waals surface area contributed by atoms with E-state index < -0.39 is 42.0 Å². The Kier molecular flexibility index (Phi) is 13.5. The third kappa shape index (κ3) is 11.7. The van der Waals surface area contributed by atoms with Gasteiger partial charge in [-0.2, -0.15) is 0 Å². The van der Waals surface area contributed by atoms with E-state index in [0.717, 1.165) is 11.1 Å². The Morgan fingerprint density at radius 1 is 1.00 bits per heavy atom. The van der Waals surface area contributed by atoms with Gasteiger partial charge in [-0.3, -0.25) is 9.59 Å². The van der Waals surface area contributed by atoms with Crippen molar-refractivity contribution in [1.29, 1.82) is 0 Å². The van der Waals surface area contributed by atoms with Crippen molar-refractivity contribution in [3.8, 4) is 0 Å². The van der Waals surface area contributed by atoms with E-state index in [2.05, 4.69) is 16.0 Å². The zero-order valence-corrected chi connectivity index (χ0v) is 23.7. The first kappa shape index (κ1) is 32.3. The number of hydrogen-bond donors (Lipinski definition) is 4. The van der Waals surface area contributed by atoms with Crippen molar-refractivity contribution in [1.82, 2.24) is 16.0 Å². The maximum absolute atomic E-state index is 13.2. The molecule has 4 N–H and O–H groups in total. The molecule has 0 bridgehead atoms. The number of aliphatic hydroxyl groups excluding tert-OH is 1. The van der Waals surface area contributed by atoms with Gasteiger partial charge >= 0.3 is 12.1 Å². The predicted molar refractivity (Wildman–Crippen MR) is 154 cm³/mol. The lowest BCUT2D eigenvalue weighted by Crippen LogP contribution is -2.48. The summed E-state index contributed by atoms with van der Waals surface area (Å²) >= 11 is 0. The zero-order valence-electron chi connectivity index (χ0n) is 23.7. The Hall–Kier alpha value is -4.22. The molecule has 4 unspecified atom stereocenters. The van der Waals surface area contributed by atoms with E-state index in [0.29, 0.717) is 0 Å². The van der Waals surface area contributed by atoms with Gasteiger partial charge in [0, 0.05) is 12.5 Å². The number of esters is 1. The van der Waals surface area contributed by atoms with E-state index in [1.54, 1.807) is 19.1 Å². The molecule has 0 radical (unpaired) electrons. The van der Waals surface area contributed by atoms with Gasteiger partial charge < -0.3 is 35.3 Å². The maximum atomic E-state index is 13.2. The molecule has 0 aromatic heterocycles. The first-order valence-electron chi connectivity index (χ1n) is 13.9. The Balaban J connectivity index is 1.68. The first-order valence-corrected chi connectivity index (χ1v) is 13.9. The van der Waals surface area contributed by atoms with Crippen LogP contribution in [0.1, 0.15) is 37.3 Å². The van der Waals surface area contributed by atoms with Gasteiger partial charge in [0.1, 0.15) is 19.3 Å². The molecule has 42 heavy (non-hydrogen) atoms. The molecule has 1 aliphatic heterocycles. The number of alkyl carbamates (subject to hydrolysis) is 1. The quantitative estimate of drug-likeness (QED) is 0.233. The molecule has 3 rings (SSSR count). The van der Waals surface area contributed by atoms with E-state index in [4.69, 9.17) is 14.2 Å². The minimum absolute atomic E-state index is 0.0375. The molecule has 0 aliphatic carbocycles. The smallest absolute Gasteiger partial charge is 0.408 e. The first-order chi connectivity index (χ1) is 20.3. The highest BCUT2D eigenvalue weighted by Gasteiger charge is 2.28. The number of aliphatic hydroxyl groups is 1. The van der Waals surface area contributed by atoms with Gasteiger partial charge in [0.15, 0.2) is 0 Å². The molecule has 1 heterocycles. The third-order valence-electron chi connectivity index (χ3n) is 6.44. The summed E-state index contributed by atoms with van der Waals surface area (Å²) in [5, 5.41) is 17.3. The van der Waals surface area contributed by atoms with Crippen molar-refractivity contribution in [3.63, 3.8) is 0 Å². The van der Waals surface area contributed by atoms with Crippen molar-refractivity contribution in [2.24, 2.45) is 5.92 Å². The van der Waals surface area contributed by atoms with Crippen LogP contribution in [0.5, 0.6) is 0 Å². The van der Waals surface area contributed by atoms with Gasteiger partial charge in [-0.05, 0) is 30.9 Å². The lowest BCUT2D eigenvalue weighted by Gasteiger charge is -2.24. The van der Waals surface area contributed by atoms with Gasteiger partial charge in [0.25, 0.3) is 0 Å². The number of carbonyl (C=O) groups is 4. The summed E-state index contributed by atoms with van der Waals surface area (Å²) in [6.45, 7) is 1.59. The van der Waals surface area contributed by atoms with Crippen LogP contribution in [0.4, 0.5) is 4.79 Å². The lowest BCUT2D eigenvalue weighted by atomic mass is 9.98. The SMILES string of the molecule is CC(CO)NC(=O)CC1CC=CCC(NC(=O)OCc2ccccc2)C(=O)OCC(COCc2ccccc2)NC1=O. The second-order valence-corrected chi connectivity index (χ2v) is 10.1. The van der Waals surface area contributed by atoms with Gasteiger partial charge in [-0.15, -0.1) is 0 Å². The van der Waals surface area contributed by atoms with Crippen molar-refractivity contribution in [2.75, 3.05) is 19.8 Å². The maximum Gasteiger partial charge on any atom is 0.408 e. The second-order valence-electron chi connectivity index (χ2n) is 10.1. The fourth-order valence-corrected chi connectivity index (χ4v) is 4.13. The monoisotopic (exact) mass is 581 g/mol. The summed E-state index contributed by atoms with van der Waals surface area (Å²) in [6, 6.07) is 16.4. The molecule has 11 heteroatoms. The molecule has 1 aliphatic rings. The number of amides is 3. The van der Waals surface area contributed by atoms with E-state index in [-0.39, 0.29) is 58.2 Å². The van der Waals surface area contributed by atoms with Crippen LogP contribution in [0.15, 0.2) is 72.8 Å². The molecule has 0 fully saturated rings. The van der Waals surface area contributed by atoms with Gasteiger partial charge in [0.05, 0.1) is 31.8 Å². The number of benzene rings is 2. The average molecular weight is 582 g/mol. The summed E-state index contributed by atoms with van der Waals surface area (Å²) in [4.78, 5) is 51.1. The van der Waals surface area contributed by atoms with Crippen LogP contribution in [-0.4, -0.2) is 66.9 Å². The third-order valence-corrected chi connectivity index (χ3v) is 6.44. The molecule has 0 saturated heterocycles. The number of rotatable bonds is 11. The number of nitrogens with one attached hydrogen (secondary N) is 3. The molecule has 0 saturated carbocycles. The van der Waals surface area contributed by atoms with Crippen molar-refractivity contribution >= 4 is 23.9 Å². The van der Waals surface area contributed by atoms with E-state index >= 15 is 0 Å². The second kappa shape index (κ2) is 17.6. The number of ether oxygens (including phenoxy) is 3. The van der Waals surface area contributed by atoms with Crippen LogP contribution in [-0.2, 0) is 41.8 Å². The van der Waals surface area contributed by atoms with Crippen LogP contribution in [0.2, 0.25) is 0 Å². The molecule has 226 valence electrons. The van der Waals surface area contributed by atoms with Gasteiger partial charge in [-0.25, -0.2) is 9.59 Å². The van der Waals surface area contributed by atoms with Gasteiger partial charge in [0.2, 0.25) is 11.8 Å². The van der Waals surface area contributed by atoms with Gasteiger partial charge in [-0.1, -0.05) is 72.8 Å². The van der Waals surface area contributed by atoms with Crippen LogP contribution >= 0.6 is 0 Å². The van der Waals surface area contributed by atoms with Crippen LogP contribution < -0.4 is 16.0 Å². The predicted octanol–water partition coefficient (Wildman–Crippen LogP) is 2.38. The fourth-order valence-electron chi connectivity index (χ4n) is 4.13. The molecule has 4 atom stereocenters. The summed E-state index contributed by atoms with van der Waals surface area (Å²) in [5.41, 5.74) is 1.73. The number of cyclic esters (lactones) is 1. The molecular weight excluding hydrogens is 542 g/mol. The molecular formula is C31H39N3O8. The largest absolute Gasteiger partial charge is 0.462 e. The Labute approximate surface area is 245 Å². The molecule has 3 amide bonds. The normalized spacial score (nSPS) is 20.2. The van der Waals surface area contributed by atoms with Crippen LogP contribution in [0.3, 0.4) is 0 Å². The van der Waals surface area contributed by atoms with Crippen LogP contribution in [0.25, 0.3) is 0 Å². The Morgan fingerprint density at radius 3 is 2.31 bits per heavy atom. The topological polar surface area (TPSA) is 152 Å². The fraction of sp³-hybridized carbons (Fsp3) is 0.419. The molecule has 11 nitrogen and oxygen atoms in total. The summed E-state index contributed by atoms with van der Waals surface area (Å²) < 4.78 is 16.6. The highest BCUT2D eigenvalue weighted by atomic mass is 16.6. The molecule has 2 aromatic rings. The van der Waals surface area contributed by atoms with Crippen molar-refractivity contribution in [2.45, 2.75) is 57.5 Å². The minimum atomic E-state index is -1.03. The highest BCUT2D eigenvalue weighted by Crippen LogP contribution is 2.14. The summed E-state index contributed by atoms with van der Waals surface area (Å²) in [6.07, 6.45) is 2.77. The number of allylic oxidation sites excluding steroid dienone is 1. The van der Waals surface area contributed by atoms with E-state index in [1.807, 2.05) is 60.7 Å². The molecule has 2 aromatic carbocycles. The van der Waals surface area contributed by atoms with E-state index in [1.165, 1.54) is 0 Å². The lowest BCUT2D eigenvalue weighted by molar-refractivity contribution is -0.148.